The van der Waals surface area contributed by atoms with Crippen LogP contribution in [0.25, 0.3) is 48.1 Å². The molecule has 0 unspecified atom stereocenters. The van der Waals surface area contributed by atoms with Gasteiger partial charge in [-0.25, -0.2) is 0 Å². The summed E-state index contributed by atoms with van der Waals surface area (Å²) in [5.74, 6) is 0. The van der Waals surface area contributed by atoms with E-state index in [-0.39, 0.29) is 0 Å². The van der Waals surface area contributed by atoms with Gasteiger partial charge in [-0.2, -0.15) is 0 Å². The Bertz CT molecular complexity index is 1250. The normalized spacial score (nSPS) is 11.6. The van der Waals surface area contributed by atoms with Crippen LogP contribution in [-0.2, 0) is 0 Å². The lowest BCUT2D eigenvalue weighted by molar-refractivity contribution is 1.88. The van der Waals surface area contributed by atoms with Crippen molar-refractivity contribution in [3.05, 3.63) is 71.4 Å². The fraction of sp³-hybridized carbons (Fsp3) is 0. The summed E-state index contributed by atoms with van der Waals surface area (Å²) in [7, 11) is 0. The molecule has 0 amide bonds. The van der Waals surface area contributed by atoms with E-state index in [1.165, 1.54) is 48.1 Å². The maximum atomic E-state index is 2.29. The molecule has 4 heterocycles. The molecule has 0 N–H and O–H groups in total. The number of rotatable bonds is 3. The van der Waals surface area contributed by atoms with E-state index in [1.54, 1.807) is 0 Å². The number of thiophene rings is 2. The zero-order chi connectivity index (χ0) is 18.5. The molecule has 134 valence electrons. The topological polar surface area (TPSA) is 0 Å². The average Bonchev–Trinajstić information content (AvgIpc) is 3.51. The predicted molar refractivity (Wildman–Crippen MR) is 134 cm³/mol. The van der Waals surface area contributed by atoms with Crippen molar-refractivity contribution >= 4 is 86.8 Å². The van der Waals surface area contributed by atoms with Gasteiger partial charge in [0.25, 0.3) is 8.38 Å². The number of hydrogen-bond acceptors (Lipinski definition) is 4. The first kappa shape index (κ1) is 17.3. The van der Waals surface area contributed by atoms with Gasteiger partial charge >= 0.3 is 0 Å². The van der Waals surface area contributed by atoms with Crippen LogP contribution in [0.3, 0.4) is 0 Å². The molecule has 2 aromatic carbocycles. The molecule has 0 saturated carbocycles. The van der Waals surface area contributed by atoms with Crippen molar-refractivity contribution in [2.24, 2.45) is 0 Å². The van der Waals surface area contributed by atoms with Crippen LogP contribution in [0.4, 0.5) is 0 Å². The van der Waals surface area contributed by atoms with Crippen molar-refractivity contribution < 1.29 is 0 Å². The van der Waals surface area contributed by atoms with E-state index in [2.05, 4.69) is 71.4 Å². The Morgan fingerprint density at radius 2 is 1.00 bits per heavy atom. The Morgan fingerprint density at radius 1 is 0.536 bits per heavy atom. The first-order chi connectivity index (χ1) is 13.9. The lowest BCUT2D eigenvalue weighted by Gasteiger charge is -1.96. The number of benzene rings is 2. The van der Waals surface area contributed by atoms with Crippen LogP contribution in [0.5, 0.6) is 0 Å². The molecule has 4 aromatic heterocycles. The van der Waals surface area contributed by atoms with E-state index in [0.717, 1.165) is 0 Å². The second-order valence-electron chi connectivity index (χ2n) is 6.20. The average molecular weight is 469 g/mol. The standard InChI is InChI=1S/C22H12S6/c1-2-6-16-15(5-1)25-21(26-16)13-9-11-23-19(13)20-14(10-12-24-20)22-27-17-7-3-4-8-18(17)28-22/h1-12H/q+2. The summed E-state index contributed by atoms with van der Waals surface area (Å²) in [5, 5.41) is 4.47. The summed E-state index contributed by atoms with van der Waals surface area (Å²) in [6.45, 7) is 0. The minimum Gasteiger partial charge on any atom is -0.142 e. The zero-order valence-corrected chi connectivity index (χ0v) is 19.3. The molecule has 0 spiro atoms. The van der Waals surface area contributed by atoms with Crippen LogP contribution in [0.2, 0.25) is 0 Å². The molecule has 0 aliphatic heterocycles. The van der Waals surface area contributed by atoms with Crippen LogP contribution < -0.4 is 0 Å². The molecule has 6 rings (SSSR count). The van der Waals surface area contributed by atoms with E-state index >= 15 is 0 Å². The van der Waals surface area contributed by atoms with Crippen molar-refractivity contribution in [3.63, 3.8) is 0 Å². The van der Waals surface area contributed by atoms with Crippen LogP contribution >= 0.6 is 68.0 Å². The Labute approximate surface area is 186 Å². The molecule has 28 heavy (non-hydrogen) atoms. The van der Waals surface area contributed by atoms with Gasteiger partial charge in [0.2, 0.25) is 0 Å². The summed E-state index contributed by atoms with van der Waals surface area (Å²) >= 11 is 11.3. The Hall–Kier alpha value is -1.54. The quantitative estimate of drug-likeness (QED) is 0.227. The van der Waals surface area contributed by atoms with Crippen LogP contribution in [0.15, 0.2) is 71.4 Å². The summed E-state index contributed by atoms with van der Waals surface area (Å²) in [6.07, 6.45) is 0. The Kier molecular flexibility index (Phi) is 4.37. The number of fused-ring (bicyclic) bond motifs is 2. The van der Waals surface area contributed by atoms with E-state index < -0.39 is 0 Å². The molecule has 6 aromatic rings. The third-order valence-electron chi connectivity index (χ3n) is 4.49. The minimum atomic E-state index is 1.37. The van der Waals surface area contributed by atoms with Gasteiger partial charge in [0.15, 0.2) is 18.8 Å². The molecule has 0 bridgehead atoms. The third kappa shape index (κ3) is 2.87. The van der Waals surface area contributed by atoms with Gasteiger partial charge in [-0.3, -0.25) is 0 Å². The Balaban J connectivity index is 1.50. The van der Waals surface area contributed by atoms with Crippen molar-refractivity contribution in [1.29, 1.82) is 0 Å². The molecule has 0 saturated heterocycles. The van der Waals surface area contributed by atoms with Crippen LogP contribution in [0, 0.1) is 0 Å². The first-order valence-electron chi connectivity index (χ1n) is 8.66. The lowest BCUT2D eigenvalue weighted by Crippen LogP contribution is -1.73. The van der Waals surface area contributed by atoms with Gasteiger partial charge in [0, 0.05) is 0 Å². The van der Waals surface area contributed by atoms with E-state index in [1.807, 2.05) is 68.0 Å². The lowest BCUT2D eigenvalue weighted by atomic mass is 10.2. The molecular formula is C22H12S6+2. The highest BCUT2D eigenvalue weighted by Crippen LogP contribution is 2.50. The number of hydrogen-bond donors (Lipinski definition) is 0. The Morgan fingerprint density at radius 3 is 1.46 bits per heavy atom. The van der Waals surface area contributed by atoms with Gasteiger partial charge in [0.1, 0.15) is 0 Å². The predicted octanol–water partition coefficient (Wildman–Crippen LogP) is 9.93. The summed E-state index contributed by atoms with van der Waals surface area (Å²) in [5.41, 5.74) is 2.76. The molecular weight excluding hydrogens is 457 g/mol. The summed E-state index contributed by atoms with van der Waals surface area (Å²) in [6, 6.07) is 22.0. The van der Waals surface area contributed by atoms with E-state index in [0.29, 0.717) is 0 Å². The highest BCUT2D eigenvalue weighted by atomic mass is 32.2. The SMILES string of the molecule is c1ccc2[s+]c(-c3ccsc3-c3sccc3-c3sc4ccccc4[s+]3)sc2c1. The van der Waals surface area contributed by atoms with Gasteiger partial charge in [-0.1, -0.05) is 24.3 Å². The first-order valence-corrected chi connectivity index (χ1v) is 13.7. The molecule has 0 aliphatic rings. The molecule has 0 nitrogen and oxygen atoms in total. The smallest absolute Gasteiger partial charge is 0.142 e. The monoisotopic (exact) mass is 468 g/mol. The third-order valence-corrected chi connectivity index (χ3v) is 11.7. The largest absolute Gasteiger partial charge is 0.287 e. The summed E-state index contributed by atoms with van der Waals surface area (Å²) in [4.78, 5) is 2.80. The molecule has 0 atom stereocenters. The van der Waals surface area contributed by atoms with Crippen molar-refractivity contribution in [2.45, 2.75) is 0 Å². The fourth-order valence-corrected chi connectivity index (χ4v) is 10.5. The van der Waals surface area contributed by atoms with E-state index in [9.17, 15) is 0 Å². The molecule has 0 aliphatic carbocycles. The zero-order valence-electron chi connectivity index (χ0n) is 14.4. The van der Waals surface area contributed by atoms with Gasteiger partial charge in [0.05, 0.1) is 66.2 Å². The van der Waals surface area contributed by atoms with Crippen molar-refractivity contribution in [1.82, 2.24) is 0 Å². The van der Waals surface area contributed by atoms with Gasteiger partial charge in [-0.05, 0) is 47.2 Å². The maximum absolute atomic E-state index is 2.29. The second-order valence-corrected chi connectivity index (χ2v) is 12.8. The fourth-order valence-electron chi connectivity index (χ4n) is 3.19. The second kappa shape index (κ2) is 7.06. The minimum absolute atomic E-state index is 1.37. The molecule has 6 heteroatoms. The van der Waals surface area contributed by atoms with Crippen molar-refractivity contribution in [2.75, 3.05) is 0 Å². The highest BCUT2D eigenvalue weighted by molar-refractivity contribution is 7.44. The van der Waals surface area contributed by atoms with Crippen LogP contribution in [0.1, 0.15) is 0 Å². The van der Waals surface area contributed by atoms with Crippen LogP contribution in [-0.4, -0.2) is 0 Å². The highest BCUT2D eigenvalue weighted by Gasteiger charge is 2.27. The molecule has 0 fully saturated rings. The van der Waals surface area contributed by atoms with Gasteiger partial charge < -0.3 is 0 Å². The van der Waals surface area contributed by atoms with Crippen molar-refractivity contribution in [3.8, 4) is 29.3 Å². The van der Waals surface area contributed by atoms with Gasteiger partial charge in [-0.15, -0.1) is 22.7 Å². The molecule has 0 radical (unpaired) electrons. The maximum Gasteiger partial charge on any atom is 0.287 e. The summed E-state index contributed by atoms with van der Waals surface area (Å²) < 4.78 is 8.29. The van der Waals surface area contributed by atoms with E-state index in [4.69, 9.17) is 0 Å².